The monoisotopic (exact) mass is 324 g/mol. The summed E-state index contributed by atoms with van der Waals surface area (Å²) < 4.78 is 0. The SMILES string of the molecule is Cc1ccc(-c2ccc3c(c2)-c2ccccc2C32CCCCC2)cc1. The number of hydrogen-bond donors (Lipinski definition) is 0. The standard InChI is InChI=1S/C25H24/c1-18-9-11-19(12-10-18)20-13-14-24-22(17-20)21-7-3-4-8-23(21)25(24)15-5-2-6-16-25/h3-4,7-14,17H,2,5-6,15-16H2,1H3. The highest BCUT2D eigenvalue weighted by atomic mass is 14.5. The Hall–Kier alpha value is -2.34. The first kappa shape index (κ1) is 15.0. The Morgan fingerprint density at radius 3 is 2.12 bits per heavy atom. The van der Waals surface area contributed by atoms with Gasteiger partial charge in [-0.15, -0.1) is 0 Å². The van der Waals surface area contributed by atoms with Crippen molar-refractivity contribution in [3.8, 4) is 22.3 Å². The molecule has 3 aromatic carbocycles. The average Bonchev–Trinajstić information content (AvgIpc) is 2.93. The lowest BCUT2D eigenvalue weighted by Gasteiger charge is -2.36. The molecule has 5 rings (SSSR count). The van der Waals surface area contributed by atoms with Crippen LogP contribution in [0.3, 0.4) is 0 Å². The van der Waals surface area contributed by atoms with Gasteiger partial charge in [-0.1, -0.05) is 85.5 Å². The van der Waals surface area contributed by atoms with E-state index < -0.39 is 0 Å². The zero-order chi connectivity index (χ0) is 16.9. The Morgan fingerprint density at radius 2 is 1.32 bits per heavy atom. The van der Waals surface area contributed by atoms with E-state index in [1.165, 1.54) is 59.9 Å². The van der Waals surface area contributed by atoms with Crippen molar-refractivity contribution in [1.82, 2.24) is 0 Å². The van der Waals surface area contributed by atoms with E-state index in [4.69, 9.17) is 0 Å². The van der Waals surface area contributed by atoms with Crippen molar-refractivity contribution in [2.24, 2.45) is 0 Å². The molecule has 0 aromatic heterocycles. The minimum atomic E-state index is 0.274. The van der Waals surface area contributed by atoms with E-state index in [0.717, 1.165) is 0 Å². The topological polar surface area (TPSA) is 0 Å². The minimum absolute atomic E-state index is 0.274. The Labute approximate surface area is 150 Å². The van der Waals surface area contributed by atoms with Gasteiger partial charge in [0, 0.05) is 5.41 Å². The molecule has 2 aliphatic carbocycles. The molecular weight excluding hydrogens is 300 g/mol. The van der Waals surface area contributed by atoms with E-state index in [0.29, 0.717) is 0 Å². The third-order valence-electron chi connectivity index (χ3n) is 6.36. The van der Waals surface area contributed by atoms with Crippen LogP contribution in [0.2, 0.25) is 0 Å². The van der Waals surface area contributed by atoms with E-state index in [2.05, 4.69) is 73.7 Å². The predicted octanol–water partition coefficient (Wildman–Crippen LogP) is 6.89. The van der Waals surface area contributed by atoms with Crippen LogP contribution in [0.5, 0.6) is 0 Å². The number of fused-ring (bicyclic) bond motifs is 5. The summed E-state index contributed by atoms with van der Waals surface area (Å²) in [4.78, 5) is 0. The molecule has 0 radical (unpaired) electrons. The second-order valence-electron chi connectivity index (χ2n) is 7.81. The van der Waals surface area contributed by atoms with E-state index in [1.807, 2.05) is 0 Å². The average molecular weight is 324 g/mol. The van der Waals surface area contributed by atoms with Crippen molar-refractivity contribution in [3.63, 3.8) is 0 Å². The van der Waals surface area contributed by atoms with Crippen LogP contribution in [0.4, 0.5) is 0 Å². The molecule has 2 aliphatic rings. The summed E-state index contributed by atoms with van der Waals surface area (Å²) in [5, 5.41) is 0. The highest BCUT2D eigenvalue weighted by Crippen LogP contribution is 2.56. The van der Waals surface area contributed by atoms with Gasteiger partial charge in [-0.3, -0.25) is 0 Å². The first-order valence-electron chi connectivity index (χ1n) is 9.59. The van der Waals surface area contributed by atoms with Gasteiger partial charge in [-0.05, 0) is 59.2 Å². The lowest BCUT2D eigenvalue weighted by molar-refractivity contribution is 0.353. The maximum Gasteiger partial charge on any atom is 0.0215 e. The highest BCUT2D eigenvalue weighted by molar-refractivity contribution is 5.84. The zero-order valence-corrected chi connectivity index (χ0v) is 14.9. The van der Waals surface area contributed by atoms with Crippen molar-refractivity contribution in [2.75, 3.05) is 0 Å². The van der Waals surface area contributed by atoms with Gasteiger partial charge >= 0.3 is 0 Å². The van der Waals surface area contributed by atoms with Gasteiger partial charge in [0.2, 0.25) is 0 Å². The quantitative estimate of drug-likeness (QED) is 0.457. The van der Waals surface area contributed by atoms with Gasteiger partial charge in [0.25, 0.3) is 0 Å². The zero-order valence-electron chi connectivity index (χ0n) is 14.9. The van der Waals surface area contributed by atoms with Crippen LogP contribution >= 0.6 is 0 Å². The largest absolute Gasteiger partial charge is 0.0619 e. The molecule has 0 N–H and O–H groups in total. The lowest BCUT2D eigenvalue weighted by Crippen LogP contribution is -2.27. The van der Waals surface area contributed by atoms with Crippen LogP contribution in [0.1, 0.15) is 48.8 Å². The van der Waals surface area contributed by atoms with E-state index >= 15 is 0 Å². The second kappa shape index (κ2) is 5.59. The molecule has 25 heavy (non-hydrogen) atoms. The summed E-state index contributed by atoms with van der Waals surface area (Å²) >= 11 is 0. The first-order chi connectivity index (χ1) is 12.3. The Balaban J connectivity index is 1.70. The summed E-state index contributed by atoms with van der Waals surface area (Å²) in [5.74, 6) is 0. The van der Waals surface area contributed by atoms with Crippen LogP contribution in [0.15, 0.2) is 66.7 Å². The van der Waals surface area contributed by atoms with Crippen LogP contribution in [-0.2, 0) is 5.41 Å². The minimum Gasteiger partial charge on any atom is -0.0619 e. The fourth-order valence-corrected chi connectivity index (χ4v) is 5.08. The van der Waals surface area contributed by atoms with Gasteiger partial charge < -0.3 is 0 Å². The normalized spacial score (nSPS) is 17.3. The van der Waals surface area contributed by atoms with E-state index in [-0.39, 0.29) is 5.41 Å². The van der Waals surface area contributed by atoms with Crippen LogP contribution in [0.25, 0.3) is 22.3 Å². The fourth-order valence-electron chi connectivity index (χ4n) is 5.08. The van der Waals surface area contributed by atoms with Gasteiger partial charge in [0.05, 0.1) is 0 Å². The molecule has 0 aliphatic heterocycles. The maximum absolute atomic E-state index is 2.43. The van der Waals surface area contributed by atoms with Gasteiger partial charge in [-0.2, -0.15) is 0 Å². The van der Waals surface area contributed by atoms with E-state index in [1.54, 1.807) is 11.1 Å². The molecule has 0 atom stereocenters. The summed E-state index contributed by atoms with van der Waals surface area (Å²) in [6, 6.07) is 25.2. The number of hydrogen-bond acceptors (Lipinski definition) is 0. The van der Waals surface area contributed by atoms with Crippen molar-refractivity contribution in [3.05, 3.63) is 83.4 Å². The Morgan fingerprint density at radius 1 is 0.640 bits per heavy atom. The smallest absolute Gasteiger partial charge is 0.0215 e. The summed E-state index contributed by atoms with van der Waals surface area (Å²) in [6.07, 6.45) is 6.71. The molecule has 124 valence electrons. The molecule has 1 saturated carbocycles. The van der Waals surface area contributed by atoms with Crippen molar-refractivity contribution in [1.29, 1.82) is 0 Å². The molecule has 3 aromatic rings. The molecule has 0 unspecified atom stereocenters. The van der Waals surface area contributed by atoms with Crippen molar-refractivity contribution in [2.45, 2.75) is 44.4 Å². The third-order valence-corrected chi connectivity index (χ3v) is 6.36. The van der Waals surface area contributed by atoms with Crippen molar-refractivity contribution < 1.29 is 0 Å². The summed E-state index contributed by atoms with van der Waals surface area (Å²) in [7, 11) is 0. The second-order valence-corrected chi connectivity index (χ2v) is 7.81. The van der Waals surface area contributed by atoms with Gasteiger partial charge in [0.1, 0.15) is 0 Å². The Bertz CT molecular complexity index is 925. The molecular formula is C25H24. The van der Waals surface area contributed by atoms with Crippen LogP contribution in [-0.4, -0.2) is 0 Å². The van der Waals surface area contributed by atoms with Gasteiger partial charge in [-0.25, -0.2) is 0 Å². The highest BCUT2D eigenvalue weighted by Gasteiger charge is 2.43. The third kappa shape index (κ3) is 2.20. The number of benzene rings is 3. The lowest BCUT2D eigenvalue weighted by atomic mass is 9.68. The fraction of sp³-hybridized carbons (Fsp3) is 0.280. The molecule has 1 spiro atoms. The molecule has 0 amide bonds. The number of aryl methyl sites for hydroxylation is 1. The first-order valence-corrected chi connectivity index (χ1v) is 9.59. The molecule has 0 bridgehead atoms. The molecule has 0 heterocycles. The van der Waals surface area contributed by atoms with Crippen molar-refractivity contribution >= 4 is 0 Å². The maximum atomic E-state index is 2.43. The van der Waals surface area contributed by atoms with E-state index in [9.17, 15) is 0 Å². The Kier molecular flexibility index (Phi) is 3.35. The van der Waals surface area contributed by atoms with Crippen LogP contribution < -0.4 is 0 Å². The summed E-state index contributed by atoms with van der Waals surface area (Å²) in [6.45, 7) is 2.15. The molecule has 0 nitrogen and oxygen atoms in total. The van der Waals surface area contributed by atoms with Crippen LogP contribution in [0, 0.1) is 6.92 Å². The van der Waals surface area contributed by atoms with Gasteiger partial charge in [0.15, 0.2) is 0 Å². The molecule has 0 heteroatoms. The molecule has 0 saturated heterocycles. The predicted molar refractivity (Wildman–Crippen MR) is 106 cm³/mol. The number of rotatable bonds is 1. The molecule has 1 fully saturated rings. The summed E-state index contributed by atoms with van der Waals surface area (Å²) in [5.41, 5.74) is 10.3.